The Morgan fingerprint density at radius 2 is 1.91 bits per heavy atom. The standard InChI is InChI=1S/C25H28F4N4O2/c1-4-22(34)31-20-7-5-17(13-19(20)26)16(3)24(35)30-14-18-6-8-21(25(27,28)29)32-23(18)33-11-9-15(2)10-12-33/h4-8,13,15-16H,1,9-12,14H2,2-3H3,(H,30,35)(H,31,34). The normalized spacial score (nSPS) is 15.4. The van der Waals surface area contributed by atoms with E-state index in [4.69, 9.17) is 0 Å². The first kappa shape index (κ1) is 26.2. The lowest BCUT2D eigenvalue weighted by Crippen LogP contribution is -2.35. The van der Waals surface area contributed by atoms with Gasteiger partial charge in [-0.3, -0.25) is 9.59 Å². The van der Waals surface area contributed by atoms with Gasteiger partial charge in [0.05, 0.1) is 11.6 Å². The number of hydrogen-bond acceptors (Lipinski definition) is 4. The van der Waals surface area contributed by atoms with E-state index in [1.807, 2.05) is 4.90 Å². The van der Waals surface area contributed by atoms with Crippen molar-refractivity contribution in [1.29, 1.82) is 0 Å². The zero-order valence-corrected chi connectivity index (χ0v) is 19.6. The van der Waals surface area contributed by atoms with Crippen molar-refractivity contribution in [2.75, 3.05) is 23.3 Å². The lowest BCUT2D eigenvalue weighted by molar-refractivity contribution is -0.141. The van der Waals surface area contributed by atoms with Crippen molar-refractivity contribution in [3.63, 3.8) is 0 Å². The minimum atomic E-state index is -4.57. The van der Waals surface area contributed by atoms with Crippen LogP contribution in [0.1, 0.15) is 49.4 Å². The molecule has 0 aliphatic carbocycles. The van der Waals surface area contributed by atoms with Crippen LogP contribution in [0.4, 0.5) is 29.1 Å². The number of alkyl halides is 3. The monoisotopic (exact) mass is 492 g/mol. The summed E-state index contributed by atoms with van der Waals surface area (Å²) in [6, 6.07) is 6.28. The van der Waals surface area contributed by atoms with Gasteiger partial charge in [0.15, 0.2) is 0 Å². The van der Waals surface area contributed by atoms with Crippen LogP contribution in [-0.4, -0.2) is 29.9 Å². The fourth-order valence-corrected chi connectivity index (χ4v) is 3.84. The Morgan fingerprint density at radius 1 is 1.23 bits per heavy atom. The second-order valence-electron chi connectivity index (χ2n) is 8.72. The molecule has 0 radical (unpaired) electrons. The van der Waals surface area contributed by atoms with Gasteiger partial charge in [-0.15, -0.1) is 0 Å². The molecule has 0 bridgehead atoms. The first-order valence-corrected chi connectivity index (χ1v) is 11.3. The molecule has 1 aromatic carbocycles. The molecule has 1 unspecified atom stereocenters. The van der Waals surface area contributed by atoms with E-state index in [0.717, 1.165) is 31.1 Å². The molecule has 1 fully saturated rings. The maximum atomic E-state index is 14.4. The summed E-state index contributed by atoms with van der Waals surface area (Å²) in [6.45, 7) is 8.14. The third-order valence-electron chi connectivity index (χ3n) is 6.11. The number of rotatable bonds is 7. The number of carbonyl (C=O) groups is 2. The minimum absolute atomic E-state index is 0.0222. The number of halogens is 4. The van der Waals surface area contributed by atoms with E-state index in [9.17, 15) is 27.2 Å². The van der Waals surface area contributed by atoms with E-state index >= 15 is 0 Å². The predicted molar refractivity (Wildman–Crippen MR) is 125 cm³/mol. The highest BCUT2D eigenvalue weighted by Crippen LogP contribution is 2.32. The summed E-state index contributed by atoms with van der Waals surface area (Å²) in [6.07, 6.45) is -1.88. The molecule has 2 aromatic rings. The molecule has 10 heteroatoms. The molecule has 2 N–H and O–H groups in total. The van der Waals surface area contributed by atoms with Crippen LogP contribution in [0.5, 0.6) is 0 Å². The molecule has 35 heavy (non-hydrogen) atoms. The van der Waals surface area contributed by atoms with E-state index in [2.05, 4.69) is 29.1 Å². The SMILES string of the molecule is C=CC(=O)Nc1ccc(C(C)C(=O)NCc2ccc(C(F)(F)F)nc2N2CCC(C)CC2)cc1F. The van der Waals surface area contributed by atoms with Gasteiger partial charge >= 0.3 is 6.18 Å². The lowest BCUT2D eigenvalue weighted by atomic mass is 9.98. The van der Waals surface area contributed by atoms with Crippen molar-refractivity contribution in [1.82, 2.24) is 10.3 Å². The highest BCUT2D eigenvalue weighted by Gasteiger charge is 2.34. The molecule has 1 aromatic heterocycles. The number of nitrogens with one attached hydrogen (secondary N) is 2. The number of anilines is 2. The Kier molecular flexibility index (Phi) is 8.14. The maximum absolute atomic E-state index is 14.4. The Labute approximate surface area is 201 Å². The largest absolute Gasteiger partial charge is 0.433 e. The molecule has 0 saturated carbocycles. The van der Waals surface area contributed by atoms with Crippen molar-refractivity contribution < 1.29 is 27.2 Å². The van der Waals surface area contributed by atoms with Crippen molar-refractivity contribution >= 4 is 23.3 Å². The first-order chi connectivity index (χ1) is 16.5. The number of hydrogen-bond donors (Lipinski definition) is 2. The zero-order valence-electron chi connectivity index (χ0n) is 19.6. The van der Waals surface area contributed by atoms with Gasteiger partial charge in [0.25, 0.3) is 0 Å². The molecule has 2 amide bonds. The van der Waals surface area contributed by atoms with Crippen LogP contribution >= 0.6 is 0 Å². The molecule has 1 aliphatic heterocycles. The Bertz CT molecular complexity index is 1100. The minimum Gasteiger partial charge on any atom is -0.356 e. The van der Waals surface area contributed by atoms with E-state index < -0.39 is 35.4 Å². The second kappa shape index (κ2) is 10.9. The van der Waals surface area contributed by atoms with Crippen LogP contribution in [0, 0.1) is 11.7 Å². The molecule has 1 aliphatic rings. The summed E-state index contributed by atoms with van der Waals surface area (Å²) in [5.74, 6) is -1.73. The summed E-state index contributed by atoms with van der Waals surface area (Å²) in [5, 5.41) is 5.06. The number of pyridine rings is 1. The summed E-state index contributed by atoms with van der Waals surface area (Å²) >= 11 is 0. The Hall–Kier alpha value is -3.43. The summed E-state index contributed by atoms with van der Waals surface area (Å²) < 4.78 is 54.2. The van der Waals surface area contributed by atoms with Gasteiger partial charge in [-0.05, 0) is 55.5 Å². The topological polar surface area (TPSA) is 74.3 Å². The highest BCUT2D eigenvalue weighted by atomic mass is 19.4. The average Bonchev–Trinajstić information content (AvgIpc) is 2.83. The molecule has 1 saturated heterocycles. The van der Waals surface area contributed by atoms with E-state index in [1.54, 1.807) is 6.92 Å². The van der Waals surface area contributed by atoms with Crippen LogP contribution in [0.3, 0.4) is 0 Å². The molecule has 1 atom stereocenters. The molecule has 0 spiro atoms. The van der Waals surface area contributed by atoms with Gasteiger partial charge in [-0.2, -0.15) is 13.2 Å². The van der Waals surface area contributed by atoms with Gasteiger partial charge in [-0.1, -0.05) is 25.6 Å². The van der Waals surface area contributed by atoms with Crippen LogP contribution < -0.4 is 15.5 Å². The number of carbonyl (C=O) groups excluding carboxylic acids is 2. The van der Waals surface area contributed by atoms with Crippen molar-refractivity contribution in [2.24, 2.45) is 5.92 Å². The van der Waals surface area contributed by atoms with Gasteiger partial charge in [0.2, 0.25) is 11.8 Å². The van der Waals surface area contributed by atoms with Gasteiger partial charge in [0.1, 0.15) is 17.3 Å². The highest BCUT2D eigenvalue weighted by molar-refractivity contribution is 5.99. The molecular formula is C25H28F4N4O2. The van der Waals surface area contributed by atoms with E-state index in [0.29, 0.717) is 30.1 Å². The smallest absolute Gasteiger partial charge is 0.356 e. The predicted octanol–water partition coefficient (Wildman–Crippen LogP) is 5.02. The van der Waals surface area contributed by atoms with Crippen molar-refractivity contribution in [3.8, 4) is 0 Å². The first-order valence-electron chi connectivity index (χ1n) is 11.3. The number of benzene rings is 1. The lowest BCUT2D eigenvalue weighted by Gasteiger charge is -2.33. The van der Waals surface area contributed by atoms with Crippen molar-refractivity contribution in [3.05, 3.63) is 65.6 Å². The van der Waals surface area contributed by atoms with E-state index in [1.165, 1.54) is 18.2 Å². The number of amides is 2. The molecule has 2 heterocycles. The van der Waals surface area contributed by atoms with Gasteiger partial charge in [-0.25, -0.2) is 9.37 Å². The maximum Gasteiger partial charge on any atom is 0.433 e. The Balaban J connectivity index is 1.74. The van der Waals surface area contributed by atoms with Crippen LogP contribution in [0.25, 0.3) is 0 Å². The second-order valence-corrected chi connectivity index (χ2v) is 8.72. The van der Waals surface area contributed by atoms with Crippen LogP contribution in [0.2, 0.25) is 0 Å². The molecule has 3 rings (SSSR count). The molecule has 188 valence electrons. The fraction of sp³-hybridized carbons (Fsp3) is 0.400. The summed E-state index contributed by atoms with van der Waals surface area (Å²) in [4.78, 5) is 29.9. The number of aromatic nitrogens is 1. The Morgan fingerprint density at radius 3 is 2.51 bits per heavy atom. The summed E-state index contributed by atoms with van der Waals surface area (Å²) in [7, 11) is 0. The summed E-state index contributed by atoms with van der Waals surface area (Å²) in [5.41, 5.74) is -0.162. The van der Waals surface area contributed by atoms with Crippen LogP contribution in [0.15, 0.2) is 43.0 Å². The number of nitrogens with zero attached hydrogens (tertiary/aromatic N) is 2. The zero-order chi connectivity index (χ0) is 25.8. The molecular weight excluding hydrogens is 464 g/mol. The van der Waals surface area contributed by atoms with E-state index in [-0.39, 0.29) is 18.1 Å². The fourth-order valence-electron chi connectivity index (χ4n) is 3.84. The van der Waals surface area contributed by atoms with Crippen molar-refractivity contribution in [2.45, 2.75) is 45.3 Å². The van der Waals surface area contributed by atoms with Crippen LogP contribution in [-0.2, 0) is 22.3 Å². The average molecular weight is 493 g/mol. The van der Waals surface area contributed by atoms with Gasteiger partial charge in [0, 0.05) is 25.2 Å². The third kappa shape index (κ3) is 6.58. The van der Waals surface area contributed by atoms with Gasteiger partial charge < -0.3 is 15.5 Å². The quantitative estimate of drug-likeness (QED) is 0.421. The molecule has 6 nitrogen and oxygen atoms in total. The number of piperidine rings is 1. The third-order valence-corrected chi connectivity index (χ3v) is 6.11.